The maximum Gasteiger partial charge on any atom is 0.338 e. The van der Waals surface area contributed by atoms with Crippen LogP contribution < -0.4 is 15.4 Å². The largest absolute Gasteiger partial charge is 0.497 e. The van der Waals surface area contributed by atoms with E-state index in [2.05, 4.69) is 15.5 Å². The molecule has 1 saturated heterocycles. The number of carbonyl (C=O) groups is 3. The van der Waals surface area contributed by atoms with Gasteiger partial charge in [-0.3, -0.25) is 9.69 Å². The molecule has 0 aliphatic carbocycles. The van der Waals surface area contributed by atoms with Crippen molar-refractivity contribution >= 4 is 17.9 Å². The Kier molecular flexibility index (Phi) is 6.38. The summed E-state index contributed by atoms with van der Waals surface area (Å²) in [6, 6.07) is 6.16. The highest BCUT2D eigenvalue weighted by Crippen LogP contribution is 2.30. The lowest BCUT2D eigenvalue weighted by atomic mass is 9.94. The van der Waals surface area contributed by atoms with Gasteiger partial charge in [0.1, 0.15) is 5.75 Å². The van der Waals surface area contributed by atoms with Gasteiger partial charge in [-0.25, -0.2) is 9.59 Å². The van der Waals surface area contributed by atoms with Gasteiger partial charge in [0.15, 0.2) is 0 Å². The molecule has 2 aliphatic rings. The van der Waals surface area contributed by atoms with Crippen LogP contribution in [0, 0.1) is 0 Å². The van der Waals surface area contributed by atoms with Crippen molar-refractivity contribution in [3.63, 3.8) is 0 Å². The van der Waals surface area contributed by atoms with Gasteiger partial charge in [0.2, 0.25) is 5.91 Å². The fourth-order valence-corrected chi connectivity index (χ4v) is 3.61. The summed E-state index contributed by atoms with van der Waals surface area (Å²) in [5, 5.41) is 5.57. The number of esters is 1. The SMILES string of the molecule is COC(=O)C1=C(CN2CCN(C(C)=O)CC2)NC(=O)N[C@@H]1c1cccc(OC)c1. The van der Waals surface area contributed by atoms with Crippen LogP contribution in [0.15, 0.2) is 35.5 Å². The average Bonchev–Trinajstić information content (AvgIpc) is 2.73. The third-order valence-corrected chi connectivity index (χ3v) is 5.19. The van der Waals surface area contributed by atoms with Gasteiger partial charge in [0.05, 0.1) is 25.8 Å². The molecule has 3 rings (SSSR count). The molecule has 2 aliphatic heterocycles. The topological polar surface area (TPSA) is 100 Å². The number of nitrogens with one attached hydrogen (secondary N) is 2. The number of urea groups is 1. The predicted molar refractivity (Wildman–Crippen MR) is 105 cm³/mol. The van der Waals surface area contributed by atoms with Gasteiger partial charge in [-0.15, -0.1) is 0 Å². The van der Waals surface area contributed by atoms with Crippen LogP contribution in [0.5, 0.6) is 5.75 Å². The second kappa shape index (κ2) is 8.95. The number of rotatable bonds is 5. The Morgan fingerprint density at radius 3 is 2.52 bits per heavy atom. The molecule has 2 N–H and O–H groups in total. The summed E-state index contributed by atoms with van der Waals surface area (Å²) < 4.78 is 10.3. The van der Waals surface area contributed by atoms with E-state index in [0.717, 1.165) is 5.56 Å². The number of amides is 3. The quantitative estimate of drug-likeness (QED) is 0.701. The Morgan fingerprint density at radius 2 is 1.90 bits per heavy atom. The molecule has 0 aromatic heterocycles. The number of methoxy groups -OCH3 is 2. The van der Waals surface area contributed by atoms with Crippen molar-refractivity contribution in [2.45, 2.75) is 13.0 Å². The van der Waals surface area contributed by atoms with E-state index in [0.29, 0.717) is 49.7 Å². The monoisotopic (exact) mass is 402 g/mol. The Bertz CT molecular complexity index is 830. The van der Waals surface area contributed by atoms with E-state index in [9.17, 15) is 14.4 Å². The van der Waals surface area contributed by atoms with Crippen LogP contribution >= 0.6 is 0 Å². The van der Waals surface area contributed by atoms with Crippen molar-refractivity contribution in [1.82, 2.24) is 20.4 Å². The van der Waals surface area contributed by atoms with Gasteiger partial charge in [-0.05, 0) is 17.7 Å². The molecule has 0 radical (unpaired) electrons. The van der Waals surface area contributed by atoms with Crippen molar-refractivity contribution in [2.75, 3.05) is 46.9 Å². The van der Waals surface area contributed by atoms with Gasteiger partial charge >= 0.3 is 12.0 Å². The lowest BCUT2D eigenvalue weighted by Crippen LogP contribution is -2.52. The van der Waals surface area contributed by atoms with Crippen LogP contribution in [0.3, 0.4) is 0 Å². The van der Waals surface area contributed by atoms with Crippen molar-refractivity contribution in [1.29, 1.82) is 0 Å². The molecule has 0 spiro atoms. The molecule has 9 nitrogen and oxygen atoms in total. The summed E-state index contributed by atoms with van der Waals surface area (Å²) in [6.07, 6.45) is 0. The zero-order valence-corrected chi connectivity index (χ0v) is 16.9. The summed E-state index contributed by atoms with van der Waals surface area (Å²) in [6.45, 7) is 4.47. The molecule has 29 heavy (non-hydrogen) atoms. The smallest absolute Gasteiger partial charge is 0.338 e. The molecule has 1 aromatic carbocycles. The van der Waals surface area contributed by atoms with Crippen LogP contribution in [-0.2, 0) is 14.3 Å². The first-order chi connectivity index (χ1) is 13.9. The van der Waals surface area contributed by atoms with Gasteiger partial charge < -0.3 is 25.0 Å². The highest BCUT2D eigenvalue weighted by Gasteiger charge is 2.34. The Balaban J connectivity index is 1.90. The highest BCUT2D eigenvalue weighted by molar-refractivity contribution is 5.95. The fraction of sp³-hybridized carbons (Fsp3) is 0.450. The molecule has 0 unspecified atom stereocenters. The Hall–Kier alpha value is -3.07. The molecule has 156 valence electrons. The van der Waals surface area contributed by atoms with E-state index in [-0.39, 0.29) is 11.9 Å². The molecule has 1 fully saturated rings. The summed E-state index contributed by atoms with van der Waals surface area (Å²) >= 11 is 0. The summed E-state index contributed by atoms with van der Waals surface area (Å²) in [5.74, 6) is 0.163. The first-order valence-electron chi connectivity index (χ1n) is 9.43. The Morgan fingerprint density at radius 1 is 1.17 bits per heavy atom. The third kappa shape index (κ3) is 4.68. The first-order valence-corrected chi connectivity index (χ1v) is 9.43. The molecule has 9 heteroatoms. The number of benzene rings is 1. The summed E-state index contributed by atoms with van der Waals surface area (Å²) in [7, 11) is 2.88. The molecule has 1 aromatic rings. The lowest BCUT2D eigenvalue weighted by Gasteiger charge is -2.36. The second-order valence-corrected chi connectivity index (χ2v) is 6.97. The van der Waals surface area contributed by atoms with Crippen molar-refractivity contribution in [3.8, 4) is 5.75 Å². The van der Waals surface area contributed by atoms with E-state index in [4.69, 9.17) is 9.47 Å². The Labute approximate surface area is 169 Å². The maximum atomic E-state index is 12.6. The van der Waals surface area contributed by atoms with Crippen LogP contribution in [-0.4, -0.2) is 74.7 Å². The number of hydrogen-bond donors (Lipinski definition) is 2. The summed E-state index contributed by atoms with van der Waals surface area (Å²) in [5.41, 5.74) is 1.58. The van der Waals surface area contributed by atoms with E-state index in [1.165, 1.54) is 7.11 Å². The molecule has 0 bridgehead atoms. The molecular weight excluding hydrogens is 376 g/mol. The average molecular weight is 402 g/mol. The number of hydrogen-bond acceptors (Lipinski definition) is 6. The minimum absolute atomic E-state index is 0.0485. The zero-order chi connectivity index (χ0) is 21.0. The zero-order valence-electron chi connectivity index (χ0n) is 16.9. The standard InChI is InChI=1S/C20H26N4O5/c1-13(25)24-9-7-23(8-10-24)12-16-17(19(26)29-3)18(22-20(27)21-16)14-5-4-6-15(11-14)28-2/h4-6,11,18H,7-10,12H2,1-3H3,(H2,21,22,27)/t18-/m1/s1. The van der Waals surface area contributed by atoms with Crippen LogP contribution in [0.4, 0.5) is 4.79 Å². The lowest BCUT2D eigenvalue weighted by molar-refractivity contribution is -0.136. The third-order valence-electron chi connectivity index (χ3n) is 5.19. The number of nitrogens with zero attached hydrogens (tertiary/aromatic N) is 2. The van der Waals surface area contributed by atoms with Crippen LogP contribution in [0.1, 0.15) is 18.5 Å². The van der Waals surface area contributed by atoms with E-state index in [1.807, 2.05) is 6.07 Å². The van der Waals surface area contributed by atoms with E-state index >= 15 is 0 Å². The van der Waals surface area contributed by atoms with Gasteiger partial charge in [0, 0.05) is 45.3 Å². The minimum atomic E-state index is -0.653. The highest BCUT2D eigenvalue weighted by atomic mass is 16.5. The van der Waals surface area contributed by atoms with E-state index in [1.54, 1.807) is 37.1 Å². The van der Waals surface area contributed by atoms with Crippen LogP contribution in [0.2, 0.25) is 0 Å². The normalized spacial score (nSPS) is 20.0. The molecule has 3 amide bonds. The molecule has 1 atom stereocenters. The number of piperazine rings is 1. The second-order valence-electron chi connectivity index (χ2n) is 6.97. The number of carbonyl (C=O) groups excluding carboxylic acids is 3. The van der Waals surface area contributed by atoms with Crippen molar-refractivity contribution in [2.24, 2.45) is 0 Å². The maximum absolute atomic E-state index is 12.6. The molecule has 0 saturated carbocycles. The first kappa shape index (κ1) is 20.7. The van der Waals surface area contributed by atoms with Crippen molar-refractivity contribution in [3.05, 3.63) is 41.1 Å². The van der Waals surface area contributed by atoms with Crippen LogP contribution in [0.25, 0.3) is 0 Å². The molecular formula is C20H26N4O5. The minimum Gasteiger partial charge on any atom is -0.497 e. The van der Waals surface area contributed by atoms with Crippen molar-refractivity contribution < 1.29 is 23.9 Å². The fourth-order valence-electron chi connectivity index (χ4n) is 3.61. The van der Waals surface area contributed by atoms with Gasteiger partial charge in [0.25, 0.3) is 0 Å². The molecule has 2 heterocycles. The van der Waals surface area contributed by atoms with Gasteiger partial charge in [-0.2, -0.15) is 0 Å². The van der Waals surface area contributed by atoms with Gasteiger partial charge in [-0.1, -0.05) is 12.1 Å². The van der Waals surface area contributed by atoms with E-state index < -0.39 is 12.0 Å². The predicted octanol–water partition coefficient (Wildman–Crippen LogP) is 0.640. The number of ether oxygens (including phenoxy) is 2. The summed E-state index contributed by atoms with van der Waals surface area (Å²) in [4.78, 5) is 40.4.